The number of methoxy groups -OCH3 is 1. The van der Waals surface area contributed by atoms with Crippen LogP contribution in [0, 0.1) is 0 Å². The lowest BCUT2D eigenvalue weighted by Crippen LogP contribution is -2.44. The van der Waals surface area contributed by atoms with Crippen LogP contribution in [0.3, 0.4) is 0 Å². The lowest BCUT2D eigenvalue weighted by Gasteiger charge is -2.25. The summed E-state index contributed by atoms with van der Waals surface area (Å²) >= 11 is 9.21. The smallest absolute Gasteiger partial charge is 0.242 e. The maximum absolute atomic E-state index is 12.3. The van der Waals surface area contributed by atoms with E-state index in [0.29, 0.717) is 19.6 Å². The van der Waals surface area contributed by atoms with Crippen LogP contribution in [0.15, 0.2) is 27.6 Å². The third kappa shape index (κ3) is 3.52. The zero-order valence-electron chi connectivity index (χ0n) is 10.9. The van der Waals surface area contributed by atoms with Crippen molar-refractivity contribution in [2.75, 3.05) is 26.9 Å². The van der Waals surface area contributed by atoms with Gasteiger partial charge in [-0.05, 0) is 18.2 Å². The summed E-state index contributed by atoms with van der Waals surface area (Å²) < 4.78 is 38.5. The summed E-state index contributed by atoms with van der Waals surface area (Å²) in [6.07, 6.45) is 0.653. The molecule has 0 aromatic heterocycles. The molecular formula is C12H15BrClNO4S. The van der Waals surface area contributed by atoms with Gasteiger partial charge < -0.3 is 9.47 Å². The molecule has 5 nitrogen and oxygen atoms in total. The third-order valence-corrected chi connectivity index (χ3v) is 5.65. The Morgan fingerprint density at radius 2 is 2.30 bits per heavy atom. The molecule has 1 fully saturated rings. The van der Waals surface area contributed by atoms with Crippen molar-refractivity contribution in [1.29, 1.82) is 0 Å². The molecule has 8 heteroatoms. The Kier molecular flexibility index (Phi) is 5.09. The largest absolute Gasteiger partial charge is 0.378 e. The predicted octanol–water partition coefficient (Wildman–Crippen LogP) is 2.19. The van der Waals surface area contributed by atoms with Crippen molar-refractivity contribution in [3.63, 3.8) is 0 Å². The van der Waals surface area contributed by atoms with Crippen molar-refractivity contribution < 1.29 is 17.9 Å². The van der Waals surface area contributed by atoms with E-state index in [0.717, 1.165) is 4.47 Å². The van der Waals surface area contributed by atoms with E-state index in [1.165, 1.54) is 6.07 Å². The van der Waals surface area contributed by atoms with Crippen LogP contribution in [-0.4, -0.2) is 40.9 Å². The lowest BCUT2D eigenvalue weighted by molar-refractivity contribution is -0.0120. The van der Waals surface area contributed by atoms with Crippen LogP contribution in [0.5, 0.6) is 0 Å². The van der Waals surface area contributed by atoms with Gasteiger partial charge in [-0.25, -0.2) is 13.1 Å². The Balaban J connectivity index is 2.15. The molecule has 20 heavy (non-hydrogen) atoms. The van der Waals surface area contributed by atoms with Crippen molar-refractivity contribution in [2.24, 2.45) is 0 Å². The fourth-order valence-electron chi connectivity index (χ4n) is 1.96. The average Bonchev–Trinajstić information content (AvgIpc) is 2.85. The van der Waals surface area contributed by atoms with E-state index in [1.807, 2.05) is 0 Å². The van der Waals surface area contributed by atoms with E-state index < -0.39 is 15.6 Å². The maximum Gasteiger partial charge on any atom is 0.242 e. The first-order chi connectivity index (χ1) is 9.38. The number of rotatable bonds is 5. The fourth-order valence-corrected chi connectivity index (χ4v) is 4.11. The zero-order chi connectivity index (χ0) is 14.8. The normalized spacial score (nSPS) is 23.1. The first kappa shape index (κ1) is 16.2. The molecule has 1 saturated heterocycles. The third-order valence-electron chi connectivity index (χ3n) is 3.27. The van der Waals surface area contributed by atoms with Gasteiger partial charge in [-0.1, -0.05) is 27.5 Å². The predicted molar refractivity (Wildman–Crippen MR) is 79.5 cm³/mol. The van der Waals surface area contributed by atoms with E-state index in [2.05, 4.69) is 20.7 Å². The highest BCUT2D eigenvalue weighted by Crippen LogP contribution is 2.26. The fraction of sp³-hybridized carbons (Fsp3) is 0.500. The highest BCUT2D eigenvalue weighted by Gasteiger charge is 2.36. The van der Waals surface area contributed by atoms with Crippen LogP contribution < -0.4 is 4.72 Å². The van der Waals surface area contributed by atoms with E-state index in [-0.39, 0.29) is 16.5 Å². The Morgan fingerprint density at radius 1 is 1.55 bits per heavy atom. The molecule has 0 amide bonds. The van der Waals surface area contributed by atoms with Gasteiger partial charge in [-0.3, -0.25) is 0 Å². The molecule has 0 aliphatic carbocycles. The molecule has 1 unspecified atom stereocenters. The lowest BCUT2D eigenvalue weighted by atomic mass is 10.0. The molecule has 1 aromatic carbocycles. The molecule has 0 radical (unpaired) electrons. The number of benzene rings is 1. The van der Waals surface area contributed by atoms with Gasteiger partial charge >= 0.3 is 0 Å². The summed E-state index contributed by atoms with van der Waals surface area (Å²) in [6, 6.07) is 4.63. The standard InChI is InChI=1S/C12H15BrClNO4S/c1-18-12(4-5-19-8-12)7-15-20(16,17)11-3-2-9(13)6-10(11)14/h2-3,6,15H,4-5,7-8H2,1H3. The average molecular weight is 385 g/mol. The summed E-state index contributed by atoms with van der Waals surface area (Å²) in [5.41, 5.74) is -0.602. The topological polar surface area (TPSA) is 64.6 Å². The van der Waals surface area contributed by atoms with Gasteiger partial charge in [0, 0.05) is 31.2 Å². The first-order valence-corrected chi connectivity index (χ1v) is 8.62. The summed E-state index contributed by atoms with van der Waals surface area (Å²) in [5.74, 6) is 0. The second-order valence-corrected chi connectivity index (χ2v) is 7.65. The number of sulfonamides is 1. The summed E-state index contributed by atoms with van der Waals surface area (Å²) in [6.45, 7) is 1.09. The van der Waals surface area contributed by atoms with E-state index in [9.17, 15) is 8.42 Å². The molecule has 1 aliphatic rings. The first-order valence-electron chi connectivity index (χ1n) is 5.96. The van der Waals surface area contributed by atoms with Crippen LogP contribution >= 0.6 is 27.5 Å². The van der Waals surface area contributed by atoms with Gasteiger partial charge in [0.2, 0.25) is 10.0 Å². The Morgan fingerprint density at radius 3 is 2.85 bits per heavy atom. The molecule has 1 atom stereocenters. The van der Waals surface area contributed by atoms with Crippen LogP contribution in [0.25, 0.3) is 0 Å². The molecule has 2 rings (SSSR count). The van der Waals surface area contributed by atoms with Crippen LogP contribution in [0.2, 0.25) is 5.02 Å². The van der Waals surface area contributed by atoms with Crippen LogP contribution in [0.1, 0.15) is 6.42 Å². The van der Waals surface area contributed by atoms with Gasteiger partial charge in [0.1, 0.15) is 10.5 Å². The second kappa shape index (κ2) is 6.29. The molecule has 112 valence electrons. The SMILES string of the molecule is COC1(CNS(=O)(=O)c2ccc(Br)cc2Cl)CCOC1. The zero-order valence-corrected chi connectivity index (χ0v) is 14.0. The van der Waals surface area contributed by atoms with Gasteiger partial charge in [0.05, 0.1) is 11.6 Å². The van der Waals surface area contributed by atoms with Crippen molar-refractivity contribution in [3.05, 3.63) is 27.7 Å². The summed E-state index contributed by atoms with van der Waals surface area (Å²) in [7, 11) is -2.13. The van der Waals surface area contributed by atoms with E-state index >= 15 is 0 Å². The number of nitrogens with one attached hydrogen (secondary N) is 1. The van der Waals surface area contributed by atoms with Crippen molar-refractivity contribution in [3.8, 4) is 0 Å². The quantitative estimate of drug-likeness (QED) is 0.845. The molecule has 0 saturated carbocycles. The molecule has 0 spiro atoms. The monoisotopic (exact) mass is 383 g/mol. The van der Waals surface area contributed by atoms with Gasteiger partial charge in [-0.2, -0.15) is 0 Å². The Labute approximate surface area is 131 Å². The van der Waals surface area contributed by atoms with Gasteiger partial charge in [-0.15, -0.1) is 0 Å². The highest BCUT2D eigenvalue weighted by atomic mass is 79.9. The molecule has 1 aliphatic heterocycles. The van der Waals surface area contributed by atoms with E-state index in [1.54, 1.807) is 19.2 Å². The minimum absolute atomic E-state index is 0.0486. The van der Waals surface area contributed by atoms with Crippen LogP contribution in [-0.2, 0) is 19.5 Å². The Bertz CT molecular complexity index is 587. The molecule has 0 bridgehead atoms. The van der Waals surface area contributed by atoms with Crippen molar-refractivity contribution in [2.45, 2.75) is 16.9 Å². The minimum atomic E-state index is -3.68. The molecule has 1 aromatic rings. The summed E-state index contributed by atoms with van der Waals surface area (Å²) in [5, 5.41) is 0.168. The maximum atomic E-state index is 12.3. The highest BCUT2D eigenvalue weighted by molar-refractivity contribution is 9.10. The van der Waals surface area contributed by atoms with Crippen molar-refractivity contribution >= 4 is 37.6 Å². The minimum Gasteiger partial charge on any atom is -0.378 e. The molecule has 1 heterocycles. The van der Waals surface area contributed by atoms with E-state index in [4.69, 9.17) is 21.1 Å². The van der Waals surface area contributed by atoms with Gasteiger partial charge in [0.25, 0.3) is 0 Å². The van der Waals surface area contributed by atoms with Crippen LogP contribution in [0.4, 0.5) is 0 Å². The van der Waals surface area contributed by atoms with Crippen molar-refractivity contribution in [1.82, 2.24) is 4.72 Å². The number of ether oxygens (including phenoxy) is 2. The number of hydrogen-bond donors (Lipinski definition) is 1. The molecule has 1 N–H and O–H groups in total. The number of hydrogen-bond acceptors (Lipinski definition) is 4. The summed E-state index contributed by atoms with van der Waals surface area (Å²) in [4.78, 5) is 0.0486. The number of halogens is 2. The van der Waals surface area contributed by atoms with Gasteiger partial charge in [0.15, 0.2) is 0 Å². The molecular weight excluding hydrogens is 370 g/mol. The Hall–Kier alpha value is -0.180. The second-order valence-electron chi connectivity index (χ2n) is 4.59.